The van der Waals surface area contributed by atoms with E-state index < -0.39 is 0 Å². The molecule has 6 heteroatoms. The number of fused-ring (bicyclic) bond motifs is 2. The van der Waals surface area contributed by atoms with E-state index in [1.807, 2.05) is 43.3 Å². The van der Waals surface area contributed by atoms with Crippen molar-refractivity contribution in [3.8, 4) is 11.1 Å². The van der Waals surface area contributed by atoms with E-state index in [9.17, 15) is 4.79 Å². The van der Waals surface area contributed by atoms with Gasteiger partial charge in [0.2, 0.25) is 0 Å². The number of nitrogens with one attached hydrogen (secondary N) is 2. The van der Waals surface area contributed by atoms with Crippen LogP contribution >= 0.6 is 0 Å². The Balaban J connectivity index is 1.39. The second-order valence-electron chi connectivity index (χ2n) is 10.1. The summed E-state index contributed by atoms with van der Waals surface area (Å²) in [6.45, 7) is 8.42. The number of amides is 1. The number of aromatic nitrogens is 3. The molecule has 0 aliphatic carbocycles. The van der Waals surface area contributed by atoms with Crippen LogP contribution in [0.2, 0.25) is 0 Å². The van der Waals surface area contributed by atoms with E-state index in [2.05, 4.69) is 45.4 Å². The Hall–Kier alpha value is -3.51. The minimum absolute atomic E-state index is 0.0937. The standard InChI is InChI=1S/C29H31N5O/c1-17-14-31-28-24(17)13-23(15-32-28)21-11-20-6-8-34(29(35)22-9-18(2)33-19(3)10-22)16-26(20)25(12-21)27-5-4-7-30-27/h9-15,27,30H,4-8,16H2,1-3H3,(H,31,32)/t27-/m0/s1. The fourth-order valence-corrected chi connectivity index (χ4v) is 5.73. The number of carbonyl (C=O) groups excluding carboxylic acids is 1. The topological polar surface area (TPSA) is 73.9 Å². The molecule has 2 aliphatic rings. The van der Waals surface area contributed by atoms with Crippen molar-refractivity contribution in [2.75, 3.05) is 13.1 Å². The molecule has 1 saturated heterocycles. The summed E-state index contributed by atoms with van der Waals surface area (Å²) < 4.78 is 0. The molecule has 0 radical (unpaired) electrons. The fraction of sp³-hybridized carbons (Fsp3) is 0.345. The van der Waals surface area contributed by atoms with Gasteiger partial charge in [-0.3, -0.25) is 9.78 Å². The van der Waals surface area contributed by atoms with Gasteiger partial charge in [-0.1, -0.05) is 6.07 Å². The molecule has 5 heterocycles. The van der Waals surface area contributed by atoms with Gasteiger partial charge in [0.25, 0.3) is 5.91 Å². The average Bonchev–Trinajstić information content (AvgIpc) is 3.52. The van der Waals surface area contributed by atoms with Gasteiger partial charge >= 0.3 is 0 Å². The minimum Gasteiger partial charge on any atom is -0.346 e. The van der Waals surface area contributed by atoms with Crippen molar-refractivity contribution >= 4 is 16.9 Å². The number of benzene rings is 1. The molecule has 4 aromatic rings. The SMILES string of the molecule is Cc1cc(C(=O)N2CCc3cc(-c4cnc5[nH]cc(C)c5c4)cc([C@@H]4CCCN4)c3C2)cc(C)n1. The minimum atomic E-state index is 0.0937. The lowest BCUT2D eigenvalue weighted by Gasteiger charge is -2.32. The summed E-state index contributed by atoms with van der Waals surface area (Å²) >= 11 is 0. The molecular weight excluding hydrogens is 434 g/mol. The second-order valence-corrected chi connectivity index (χ2v) is 10.1. The van der Waals surface area contributed by atoms with E-state index in [0.29, 0.717) is 12.6 Å². The van der Waals surface area contributed by atoms with E-state index in [-0.39, 0.29) is 5.91 Å². The zero-order valence-corrected chi connectivity index (χ0v) is 20.6. The third-order valence-corrected chi connectivity index (χ3v) is 7.50. The van der Waals surface area contributed by atoms with E-state index >= 15 is 0 Å². The maximum absolute atomic E-state index is 13.4. The highest BCUT2D eigenvalue weighted by molar-refractivity contribution is 5.94. The van der Waals surface area contributed by atoms with Crippen molar-refractivity contribution in [3.05, 3.63) is 81.9 Å². The third kappa shape index (κ3) is 4.02. The molecule has 0 saturated carbocycles. The molecule has 0 bridgehead atoms. The van der Waals surface area contributed by atoms with Crippen molar-refractivity contribution in [1.82, 2.24) is 25.2 Å². The second kappa shape index (κ2) is 8.61. The first-order chi connectivity index (χ1) is 17.0. The van der Waals surface area contributed by atoms with E-state index in [1.165, 1.54) is 39.6 Å². The molecule has 3 aromatic heterocycles. The summed E-state index contributed by atoms with van der Waals surface area (Å²) in [6.07, 6.45) is 7.15. The number of aryl methyl sites for hydroxylation is 3. The van der Waals surface area contributed by atoms with Crippen molar-refractivity contribution in [2.45, 2.75) is 52.6 Å². The molecule has 0 unspecified atom stereocenters. The van der Waals surface area contributed by atoms with Crippen LogP contribution in [0.5, 0.6) is 0 Å². The third-order valence-electron chi connectivity index (χ3n) is 7.50. The first-order valence-electron chi connectivity index (χ1n) is 12.5. The number of pyridine rings is 2. The largest absolute Gasteiger partial charge is 0.346 e. The van der Waals surface area contributed by atoms with Gasteiger partial charge in [0.05, 0.1) is 0 Å². The summed E-state index contributed by atoms with van der Waals surface area (Å²) in [7, 11) is 0. The molecule has 0 spiro atoms. The van der Waals surface area contributed by atoms with Crippen LogP contribution < -0.4 is 5.32 Å². The lowest BCUT2D eigenvalue weighted by molar-refractivity contribution is 0.0733. The van der Waals surface area contributed by atoms with Crippen LogP contribution in [0.1, 0.15) is 62.9 Å². The molecule has 6 rings (SSSR count). The lowest BCUT2D eigenvalue weighted by Crippen LogP contribution is -2.37. The highest BCUT2D eigenvalue weighted by Crippen LogP contribution is 2.36. The van der Waals surface area contributed by atoms with Crippen LogP contribution in [-0.2, 0) is 13.0 Å². The lowest BCUT2D eigenvalue weighted by atomic mass is 9.87. The summed E-state index contributed by atoms with van der Waals surface area (Å²) in [6, 6.07) is 11.0. The Morgan fingerprint density at radius 3 is 2.66 bits per heavy atom. The summed E-state index contributed by atoms with van der Waals surface area (Å²) in [5.41, 5.74) is 11.0. The zero-order chi connectivity index (χ0) is 24.1. The molecule has 2 N–H and O–H groups in total. The number of carbonyl (C=O) groups is 1. The van der Waals surface area contributed by atoms with Gasteiger partial charge in [0, 0.05) is 59.4 Å². The quantitative estimate of drug-likeness (QED) is 0.438. The molecule has 2 aliphatic heterocycles. The van der Waals surface area contributed by atoms with Gasteiger partial charge in [-0.05, 0) is 98.7 Å². The maximum Gasteiger partial charge on any atom is 0.254 e. The molecule has 6 nitrogen and oxygen atoms in total. The average molecular weight is 466 g/mol. The van der Waals surface area contributed by atoms with Crippen LogP contribution in [-0.4, -0.2) is 38.8 Å². The molecule has 1 amide bonds. The maximum atomic E-state index is 13.4. The highest BCUT2D eigenvalue weighted by atomic mass is 16.2. The van der Waals surface area contributed by atoms with E-state index in [1.54, 1.807) is 0 Å². The van der Waals surface area contributed by atoms with Crippen molar-refractivity contribution in [2.24, 2.45) is 0 Å². The van der Waals surface area contributed by atoms with Gasteiger partial charge in [0.1, 0.15) is 5.65 Å². The molecule has 1 fully saturated rings. The van der Waals surface area contributed by atoms with E-state index in [0.717, 1.165) is 54.1 Å². The van der Waals surface area contributed by atoms with Gasteiger partial charge < -0.3 is 15.2 Å². The van der Waals surface area contributed by atoms with Gasteiger partial charge in [-0.15, -0.1) is 0 Å². The van der Waals surface area contributed by atoms with Crippen LogP contribution in [0.25, 0.3) is 22.2 Å². The highest BCUT2D eigenvalue weighted by Gasteiger charge is 2.28. The number of H-pyrrole nitrogens is 1. The zero-order valence-electron chi connectivity index (χ0n) is 20.6. The Bertz CT molecular complexity index is 1430. The molecule has 1 atom stereocenters. The number of hydrogen-bond acceptors (Lipinski definition) is 4. The van der Waals surface area contributed by atoms with Crippen LogP contribution in [0.4, 0.5) is 0 Å². The number of nitrogens with zero attached hydrogens (tertiary/aromatic N) is 3. The first kappa shape index (κ1) is 22.0. The molecule has 178 valence electrons. The Morgan fingerprint density at radius 1 is 1.06 bits per heavy atom. The predicted octanol–water partition coefficient (Wildman–Crippen LogP) is 5.17. The number of hydrogen-bond donors (Lipinski definition) is 2. The Morgan fingerprint density at radius 2 is 1.89 bits per heavy atom. The monoisotopic (exact) mass is 465 g/mol. The Labute approximate surface area is 205 Å². The summed E-state index contributed by atoms with van der Waals surface area (Å²) in [4.78, 5) is 27.8. The summed E-state index contributed by atoms with van der Waals surface area (Å²) in [5.74, 6) is 0.0937. The van der Waals surface area contributed by atoms with Crippen molar-refractivity contribution in [3.63, 3.8) is 0 Å². The summed E-state index contributed by atoms with van der Waals surface area (Å²) in [5, 5.41) is 4.86. The van der Waals surface area contributed by atoms with Gasteiger partial charge in [-0.25, -0.2) is 4.98 Å². The smallest absolute Gasteiger partial charge is 0.254 e. The van der Waals surface area contributed by atoms with Crippen LogP contribution in [0.15, 0.2) is 42.7 Å². The molecular formula is C29H31N5O. The van der Waals surface area contributed by atoms with Crippen molar-refractivity contribution in [1.29, 1.82) is 0 Å². The number of rotatable bonds is 3. The molecule has 1 aromatic carbocycles. The van der Waals surface area contributed by atoms with Crippen LogP contribution in [0.3, 0.4) is 0 Å². The molecule has 35 heavy (non-hydrogen) atoms. The fourth-order valence-electron chi connectivity index (χ4n) is 5.73. The first-order valence-corrected chi connectivity index (χ1v) is 12.5. The van der Waals surface area contributed by atoms with Crippen molar-refractivity contribution < 1.29 is 4.79 Å². The Kier molecular flexibility index (Phi) is 5.41. The normalized spacial score (nSPS) is 17.7. The van der Waals surface area contributed by atoms with Gasteiger partial charge in [0.15, 0.2) is 0 Å². The number of aromatic amines is 1. The van der Waals surface area contributed by atoms with E-state index in [4.69, 9.17) is 0 Å². The van der Waals surface area contributed by atoms with Gasteiger partial charge in [-0.2, -0.15) is 0 Å². The van der Waals surface area contributed by atoms with Crippen LogP contribution in [0, 0.1) is 20.8 Å². The predicted molar refractivity (Wildman–Crippen MR) is 138 cm³/mol.